The van der Waals surface area contributed by atoms with Crippen LogP contribution in [0, 0.1) is 0 Å². The first-order valence-electron chi connectivity index (χ1n) is 11.3. The minimum absolute atomic E-state index is 0.0813. The molecule has 0 N–H and O–H groups in total. The van der Waals surface area contributed by atoms with Crippen molar-refractivity contribution in [2.24, 2.45) is 0 Å². The number of amides is 1. The zero-order valence-corrected chi connectivity index (χ0v) is 19.5. The van der Waals surface area contributed by atoms with E-state index >= 15 is 0 Å². The molecule has 172 valence electrons. The topological polar surface area (TPSA) is 62.1 Å². The minimum atomic E-state index is 0.0813. The molecule has 5 rings (SSSR count). The van der Waals surface area contributed by atoms with Crippen molar-refractivity contribution in [3.8, 4) is 0 Å². The largest absolute Gasteiger partial charge is 0.451 e. The number of hydrogen-bond acceptors (Lipinski definition) is 6. The van der Waals surface area contributed by atoms with Crippen LogP contribution in [0.4, 0.5) is 0 Å². The number of ether oxygens (including phenoxy) is 1. The van der Waals surface area contributed by atoms with Crippen LogP contribution in [0.1, 0.15) is 24.1 Å². The monoisotopic (exact) mass is 478 g/mol. The molecule has 1 aromatic carbocycles. The van der Waals surface area contributed by atoms with Gasteiger partial charge in [-0.2, -0.15) is 0 Å². The van der Waals surface area contributed by atoms with Gasteiger partial charge < -0.3 is 14.1 Å². The van der Waals surface area contributed by atoms with E-state index in [2.05, 4.69) is 19.7 Å². The van der Waals surface area contributed by atoms with Crippen LogP contribution in [0.15, 0.2) is 35.3 Å². The van der Waals surface area contributed by atoms with Gasteiger partial charge in [0.15, 0.2) is 6.39 Å². The number of hydrogen-bond donors (Lipinski definition) is 0. The maximum absolute atomic E-state index is 13.5. The molecular formula is C23H28Cl2N4O3. The number of likely N-dealkylation sites (tertiary alicyclic amines) is 1. The lowest BCUT2D eigenvalue weighted by atomic mass is 9.90. The summed E-state index contributed by atoms with van der Waals surface area (Å²) in [4.78, 5) is 24.9. The van der Waals surface area contributed by atoms with Crippen LogP contribution in [-0.4, -0.2) is 83.1 Å². The Bertz CT molecular complexity index is 935. The summed E-state index contributed by atoms with van der Waals surface area (Å²) in [5, 5.41) is 0.983. The molecule has 0 radical (unpaired) electrons. The second kappa shape index (κ2) is 9.69. The van der Waals surface area contributed by atoms with Gasteiger partial charge in [0.1, 0.15) is 6.26 Å². The first-order valence-corrected chi connectivity index (χ1v) is 12.0. The maximum atomic E-state index is 13.5. The fourth-order valence-corrected chi connectivity index (χ4v) is 5.70. The molecular weight excluding hydrogens is 451 g/mol. The summed E-state index contributed by atoms with van der Waals surface area (Å²) in [6.45, 7) is 5.56. The third kappa shape index (κ3) is 4.54. The van der Waals surface area contributed by atoms with Crippen LogP contribution >= 0.6 is 23.2 Å². The van der Waals surface area contributed by atoms with Crippen molar-refractivity contribution in [1.29, 1.82) is 0 Å². The number of piperazine rings is 1. The van der Waals surface area contributed by atoms with Crippen molar-refractivity contribution in [2.75, 3.05) is 39.4 Å². The fraction of sp³-hybridized carbons (Fsp3) is 0.565. The third-order valence-electron chi connectivity index (χ3n) is 6.94. The zero-order valence-electron chi connectivity index (χ0n) is 18.0. The van der Waals surface area contributed by atoms with Gasteiger partial charge in [0, 0.05) is 19.6 Å². The molecule has 7 nitrogen and oxygen atoms in total. The number of aromatic nitrogens is 1. The molecule has 4 heterocycles. The molecule has 3 atom stereocenters. The van der Waals surface area contributed by atoms with Crippen LogP contribution in [0.3, 0.4) is 0 Å². The van der Waals surface area contributed by atoms with Gasteiger partial charge in [-0.3, -0.25) is 14.6 Å². The molecule has 9 heteroatoms. The smallest absolute Gasteiger partial charge is 0.227 e. The first kappa shape index (κ1) is 22.2. The molecule has 1 amide bonds. The van der Waals surface area contributed by atoms with E-state index in [1.807, 2.05) is 6.07 Å². The molecule has 0 saturated carbocycles. The van der Waals surface area contributed by atoms with E-state index in [1.165, 1.54) is 19.2 Å². The summed E-state index contributed by atoms with van der Waals surface area (Å²) in [5.74, 6) is 0.130. The Labute approximate surface area is 198 Å². The van der Waals surface area contributed by atoms with Gasteiger partial charge in [-0.05, 0) is 43.6 Å². The Morgan fingerprint density at radius 2 is 1.88 bits per heavy atom. The first-order chi connectivity index (χ1) is 15.6. The van der Waals surface area contributed by atoms with Crippen LogP contribution < -0.4 is 0 Å². The van der Waals surface area contributed by atoms with Crippen molar-refractivity contribution in [3.05, 3.63) is 52.2 Å². The standard InChI is InChI=1S/C23H28Cl2N4O3/c24-18-4-3-16(9-19(18)25)10-22(30)29-8-7-28(11-17-12-32-15-26-17)21-14-31-13-20(23(21)29)27-5-1-2-6-27/h3-4,9,12,15,20-21,23H,1-2,5-8,10-11,13-14H2/t20?,21-,23-/m1/s1. The quantitative estimate of drug-likeness (QED) is 0.657. The predicted octanol–water partition coefficient (Wildman–Crippen LogP) is 3.10. The van der Waals surface area contributed by atoms with Crippen LogP contribution in [-0.2, 0) is 22.5 Å². The summed E-state index contributed by atoms with van der Waals surface area (Å²) in [6, 6.07) is 5.84. The van der Waals surface area contributed by atoms with Gasteiger partial charge in [0.2, 0.25) is 5.91 Å². The van der Waals surface area contributed by atoms with Gasteiger partial charge in [0.05, 0.1) is 53.5 Å². The Kier molecular flexibility index (Phi) is 6.71. The number of halogens is 2. The van der Waals surface area contributed by atoms with Crippen molar-refractivity contribution in [2.45, 2.75) is 43.9 Å². The number of oxazole rings is 1. The SMILES string of the molecule is O=C(Cc1ccc(Cl)c(Cl)c1)N1CCN(Cc2cocn2)[C@@H]2COCC(N3CCCC3)[C@H]21. The van der Waals surface area contributed by atoms with E-state index in [0.29, 0.717) is 42.8 Å². The number of carbonyl (C=O) groups excluding carboxylic acids is 1. The zero-order chi connectivity index (χ0) is 22.1. The molecule has 3 fully saturated rings. The van der Waals surface area contributed by atoms with Gasteiger partial charge in [-0.15, -0.1) is 0 Å². The highest BCUT2D eigenvalue weighted by molar-refractivity contribution is 6.42. The van der Waals surface area contributed by atoms with E-state index in [9.17, 15) is 4.79 Å². The van der Waals surface area contributed by atoms with E-state index in [4.69, 9.17) is 32.4 Å². The summed E-state index contributed by atoms with van der Waals surface area (Å²) in [6.07, 6.45) is 5.88. The lowest BCUT2D eigenvalue weighted by Crippen LogP contribution is -2.71. The highest BCUT2D eigenvalue weighted by atomic mass is 35.5. The molecule has 1 aromatic heterocycles. The Hall–Kier alpha value is -1.64. The molecule has 2 aromatic rings. The maximum Gasteiger partial charge on any atom is 0.227 e. The summed E-state index contributed by atoms with van der Waals surface area (Å²) in [7, 11) is 0. The lowest BCUT2D eigenvalue weighted by molar-refractivity contribution is -0.153. The van der Waals surface area contributed by atoms with Crippen molar-refractivity contribution in [1.82, 2.24) is 19.7 Å². The van der Waals surface area contributed by atoms with E-state index in [-0.39, 0.29) is 24.0 Å². The van der Waals surface area contributed by atoms with Crippen molar-refractivity contribution >= 4 is 29.1 Å². The Morgan fingerprint density at radius 3 is 2.62 bits per heavy atom. The van der Waals surface area contributed by atoms with E-state index in [1.54, 1.807) is 18.4 Å². The Balaban J connectivity index is 1.39. The number of rotatable bonds is 5. The second-order valence-electron chi connectivity index (χ2n) is 8.87. The molecule has 1 unspecified atom stereocenters. The van der Waals surface area contributed by atoms with Crippen molar-refractivity contribution < 1.29 is 13.9 Å². The highest BCUT2D eigenvalue weighted by Gasteiger charge is 2.47. The Morgan fingerprint density at radius 1 is 1.06 bits per heavy atom. The number of fused-ring (bicyclic) bond motifs is 1. The number of nitrogens with zero attached hydrogens (tertiary/aromatic N) is 4. The average molecular weight is 479 g/mol. The number of benzene rings is 1. The van der Waals surface area contributed by atoms with Crippen LogP contribution in [0.5, 0.6) is 0 Å². The molecule has 3 aliphatic heterocycles. The van der Waals surface area contributed by atoms with E-state index in [0.717, 1.165) is 30.9 Å². The molecule has 0 aliphatic carbocycles. The molecule has 3 saturated heterocycles. The lowest BCUT2D eigenvalue weighted by Gasteiger charge is -2.54. The molecule has 0 spiro atoms. The summed E-state index contributed by atoms with van der Waals surface area (Å²) >= 11 is 12.2. The van der Waals surface area contributed by atoms with Crippen molar-refractivity contribution in [3.63, 3.8) is 0 Å². The average Bonchev–Trinajstić information content (AvgIpc) is 3.50. The molecule has 32 heavy (non-hydrogen) atoms. The fourth-order valence-electron chi connectivity index (χ4n) is 5.38. The molecule has 3 aliphatic rings. The summed E-state index contributed by atoms with van der Waals surface area (Å²) in [5.41, 5.74) is 1.79. The predicted molar refractivity (Wildman–Crippen MR) is 122 cm³/mol. The van der Waals surface area contributed by atoms with Crippen LogP contribution in [0.25, 0.3) is 0 Å². The van der Waals surface area contributed by atoms with Crippen LogP contribution in [0.2, 0.25) is 10.0 Å². The number of carbonyl (C=O) groups is 1. The van der Waals surface area contributed by atoms with Gasteiger partial charge in [-0.1, -0.05) is 29.3 Å². The van der Waals surface area contributed by atoms with Gasteiger partial charge >= 0.3 is 0 Å². The van der Waals surface area contributed by atoms with Gasteiger partial charge in [-0.25, -0.2) is 4.98 Å². The minimum Gasteiger partial charge on any atom is -0.451 e. The molecule has 0 bridgehead atoms. The second-order valence-corrected chi connectivity index (χ2v) is 9.68. The van der Waals surface area contributed by atoms with Gasteiger partial charge in [0.25, 0.3) is 0 Å². The highest BCUT2D eigenvalue weighted by Crippen LogP contribution is 2.31. The van der Waals surface area contributed by atoms with E-state index < -0.39 is 0 Å². The summed E-state index contributed by atoms with van der Waals surface area (Å²) < 4.78 is 11.3. The normalized spacial score (nSPS) is 26.9. The third-order valence-corrected chi connectivity index (χ3v) is 7.68.